The summed E-state index contributed by atoms with van der Waals surface area (Å²) in [7, 11) is 3.67. The molecule has 1 amide bonds. The van der Waals surface area contributed by atoms with Crippen LogP contribution in [0.5, 0.6) is 5.75 Å². The minimum Gasteiger partial charge on any atom is -0.497 e. The molecule has 3 heterocycles. The summed E-state index contributed by atoms with van der Waals surface area (Å²) in [5.74, 6) is 1.13. The first kappa shape index (κ1) is 18.0. The van der Waals surface area contributed by atoms with Gasteiger partial charge in [-0.15, -0.1) is 0 Å². The quantitative estimate of drug-likeness (QED) is 0.814. The largest absolute Gasteiger partial charge is 0.497 e. The Morgan fingerprint density at radius 1 is 1.19 bits per heavy atom. The normalized spacial score (nSPS) is 23.3. The molecule has 144 valence electrons. The second-order valence-corrected chi connectivity index (χ2v) is 7.61. The lowest BCUT2D eigenvalue weighted by molar-refractivity contribution is -0.133. The van der Waals surface area contributed by atoms with Gasteiger partial charge in [-0.3, -0.25) is 14.4 Å². The first-order valence-corrected chi connectivity index (χ1v) is 9.79. The van der Waals surface area contributed by atoms with Crippen molar-refractivity contribution in [1.29, 1.82) is 0 Å². The van der Waals surface area contributed by atoms with E-state index in [0.29, 0.717) is 25.0 Å². The smallest absolute Gasteiger partial charge is 0.223 e. The molecule has 0 unspecified atom stereocenters. The van der Waals surface area contributed by atoms with Crippen molar-refractivity contribution in [3.05, 3.63) is 47.8 Å². The Hall–Kier alpha value is -2.34. The van der Waals surface area contributed by atoms with E-state index in [9.17, 15) is 4.79 Å². The lowest BCUT2D eigenvalue weighted by Gasteiger charge is -2.33. The standard InChI is InChI=1S/C21H28N4O2/c1-23-17(9-11-22-23)15-24-12-10-20-19(24)7-4-8-21(26)25(20)14-16-5-3-6-18(13-16)27-2/h3,5-6,9,11,13,19-20H,4,7-8,10,12,14-15H2,1-2H3/t19-,20-/m1/s1. The number of amides is 1. The first-order valence-electron chi connectivity index (χ1n) is 9.79. The summed E-state index contributed by atoms with van der Waals surface area (Å²) >= 11 is 0. The first-order chi connectivity index (χ1) is 13.2. The molecular weight excluding hydrogens is 340 g/mol. The second-order valence-electron chi connectivity index (χ2n) is 7.61. The maximum absolute atomic E-state index is 12.9. The second kappa shape index (κ2) is 7.72. The highest BCUT2D eigenvalue weighted by atomic mass is 16.5. The van der Waals surface area contributed by atoms with Gasteiger partial charge in [-0.05, 0) is 43.0 Å². The van der Waals surface area contributed by atoms with Gasteiger partial charge in [-0.1, -0.05) is 12.1 Å². The molecule has 27 heavy (non-hydrogen) atoms. The summed E-state index contributed by atoms with van der Waals surface area (Å²) in [6.07, 6.45) is 5.60. The van der Waals surface area contributed by atoms with E-state index in [4.69, 9.17) is 4.74 Å². The van der Waals surface area contributed by atoms with Crippen molar-refractivity contribution in [3.63, 3.8) is 0 Å². The van der Waals surface area contributed by atoms with Gasteiger partial charge in [-0.2, -0.15) is 5.10 Å². The number of aromatic nitrogens is 2. The van der Waals surface area contributed by atoms with Crippen molar-refractivity contribution < 1.29 is 9.53 Å². The zero-order valence-corrected chi connectivity index (χ0v) is 16.2. The van der Waals surface area contributed by atoms with Crippen LogP contribution in [0.15, 0.2) is 36.5 Å². The van der Waals surface area contributed by atoms with Gasteiger partial charge in [0, 0.05) is 51.4 Å². The summed E-state index contributed by atoms with van der Waals surface area (Å²) in [5.41, 5.74) is 2.36. The van der Waals surface area contributed by atoms with Gasteiger partial charge in [0.2, 0.25) is 5.91 Å². The highest BCUT2D eigenvalue weighted by Gasteiger charge is 2.41. The maximum atomic E-state index is 12.9. The third-order valence-corrected chi connectivity index (χ3v) is 6.01. The molecule has 0 radical (unpaired) electrons. The van der Waals surface area contributed by atoms with E-state index in [-0.39, 0.29) is 5.91 Å². The van der Waals surface area contributed by atoms with Crippen LogP contribution in [0.4, 0.5) is 0 Å². The van der Waals surface area contributed by atoms with Crippen LogP contribution >= 0.6 is 0 Å². The fourth-order valence-electron chi connectivity index (χ4n) is 4.56. The van der Waals surface area contributed by atoms with E-state index < -0.39 is 0 Å². The molecule has 1 aromatic carbocycles. The van der Waals surface area contributed by atoms with Crippen LogP contribution in [-0.2, 0) is 24.9 Å². The predicted molar refractivity (Wildman–Crippen MR) is 103 cm³/mol. The van der Waals surface area contributed by atoms with Crippen molar-refractivity contribution >= 4 is 5.91 Å². The Morgan fingerprint density at radius 2 is 2.07 bits per heavy atom. The van der Waals surface area contributed by atoms with Crippen molar-refractivity contribution in [3.8, 4) is 5.75 Å². The molecule has 0 N–H and O–H groups in total. The molecule has 2 fully saturated rings. The van der Waals surface area contributed by atoms with E-state index in [2.05, 4.69) is 27.0 Å². The van der Waals surface area contributed by atoms with E-state index >= 15 is 0 Å². The average Bonchev–Trinajstić information content (AvgIpc) is 3.22. The molecular formula is C21H28N4O2. The lowest BCUT2D eigenvalue weighted by Crippen LogP contribution is -2.45. The monoisotopic (exact) mass is 368 g/mol. The Morgan fingerprint density at radius 3 is 2.85 bits per heavy atom. The lowest BCUT2D eigenvalue weighted by atomic mass is 10.0. The van der Waals surface area contributed by atoms with Crippen LogP contribution in [0.1, 0.15) is 36.9 Å². The minimum absolute atomic E-state index is 0.285. The SMILES string of the molecule is COc1cccc(CN2C(=O)CCC[C@@H]3[C@H]2CCN3Cc2ccnn2C)c1. The van der Waals surface area contributed by atoms with Gasteiger partial charge in [0.25, 0.3) is 0 Å². The molecule has 4 rings (SSSR count). The summed E-state index contributed by atoms with van der Waals surface area (Å²) in [4.78, 5) is 17.5. The third kappa shape index (κ3) is 3.72. The van der Waals surface area contributed by atoms with Crippen LogP contribution in [0.25, 0.3) is 0 Å². The van der Waals surface area contributed by atoms with Gasteiger partial charge in [0.15, 0.2) is 0 Å². The van der Waals surface area contributed by atoms with Crippen LogP contribution in [0, 0.1) is 0 Å². The molecule has 1 aromatic heterocycles. The Bertz CT molecular complexity index is 803. The highest BCUT2D eigenvalue weighted by Crippen LogP contribution is 2.33. The predicted octanol–water partition coefficient (Wildman–Crippen LogP) is 2.58. The number of fused-ring (bicyclic) bond motifs is 1. The summed E-state index contributed by atoms with van der Waals surface area (Å²) < 4.78 is 7.30. The number of nitrogens with zero attached hydrogens (tertiary/aromatic N) is 4. The average molecular weight is 368 g/mol. The minimum atomic E-state index is 0.285. The number of hydrogen-bond acceptors (Lipinski definition) is 4. The van der Waals surface area contributed by atoms with Crippen LogP contribution in [0.3, 0.4) is 0 Å². The van der Waals surface area contributed by atoms with Crippen LogP contribution in [0.2, 0.25) is 0 Å². The van der Waals surface area contributed by atoms with Crippen molar-refractivity contribution in [2.75, 3.05) is 13.7 Å². The number of likely N-dealkylation sites (tertiary alicyclic amines) is 2. The van der Waals surface area contributed by atoms with Gasteiger partial charge >= 0.3 is 0 Å². The molecule has 2 aliphatic rings. The molecule has 2 saturated heterocycles. The summed E-state index contributed by atoms with van der Waals surface area (Å²) in [6, 6.07) is 10.9. The number of carbonyl (C=O) groups excluding carboxylic acids is 1. The Kier molecular flexibility index (Phi) is 5.16. The summed E-state index contributed by atoms with van der Waals surface area (Å²) in [5, 5.41) is 4.29. The third-order valence-electron chi connectivity index (χ3n) is 6.01. The van der Waals surface area contributed by atoms with E-state index in [0.717, 1.165) is 43.7 Å². The molecule has 6 heteroatoms. The van der Waals surface area contributed by atoms with Crippen LogP contribution in [-0.4, -0.2) is 51.2 Å². The molecule has 0 spiro atoms. The molecule has 2 atom stereocenters. The number of hydrogen-bond donors (Lipinski definition) is 0. The summed E-state index contributed by atoms with van der Waals surface area (Å²) in [6.45, 7) is 2.60. The van der Waals surface area contributed by atoms with E-state index in [1.165, 1.54) is 5.69 Å². The zero-order chi connectivity index (χ0) is 18.8. The van der Waals surface area contributed by atoms with Gasteiger partial charge < -0.3 is 9.64 Å². The number of carbonyl (C=O) groups is 1. The molecule has 0 bridgehead atoms. The number of benzene rings is 1. The molecule has 0 saturated carbocycles. The molecule has 0 aliphatic carbocycles. The maximum Gasteiger partial charge on any atom is 0.223 e. The molecule has 2 aromatic rings. The van der Waals surface area contributed by atoms with E-state index in [1.807, 2.05) is 36.1 Å². The van der Waals surface area contributed by atoms with Crippen molar-refractivity contribution in [2.24, 2.45) is 7.05 Å². The molecule has 6 nitrogen and oxygen atoms in total. The Balaban J connectivity index is 1.53. The number of aryl methyl sites for hydroxylation is 1. The Labute approximate surface area is 160 Å². The fraction of sp³-hybridized carbons (Fsp3) is 0.524. The number of ether oxygens (including phenoxy) is 1. The molecule has 2 aliphatic heterocycles. The van der Waals surface area contributed by atoms with E-state index in [1.54, 1.807) is 7.11 Å². The van der Waals surface area contributed by atoms with Crippen molar-refractivity contribution in [1.82, 2.24) is 19.6 Å². The van der Waals surface area contributed by atoms with Gasteiger partial charge in [-0.25, -0.2) is 0 Å². The van der Waals surface area contributed by atoms with Crippen LogP contribution < -0.4 is 4.74 Å². The number of rotatable bonds is 5. The van der Waals surface area contributed by atoms with Gasteiger partial charge in [0.05, 0.1) is 12.8 Å². The topological polar surface area (TPSA) is 50.6 Å². The van der Waals surface area contributed by atoms with Crippen molar-refractivity contribution in [2.45, 2.75) is 50.9 Å². The zero-order valence-electron chi connectivity index (χ0n) is 16.2. The van der Waals surface area contributed by atoms with Gasteiger partial charge in [0.1, 0.15) is 5.75 Å². The highest BCUT2D eigenvalue weighted by molar-refractivity contribution is 5.77. The number of methoxy groups -OCH3 is 1. The fourth-order valence-corrected chi connectivity index (χ4v) is 4.56.